The second kappa shape index (κ2) is 8.93. The van der Waals surface area contributed by atoms with Gasteiger partial charge in [0.15, 0.2) is 5.65 Å². The Morgan fingerprint density at radius 3 is 2.93 bits per heavy atom. The predicted octanol–water partition coefficient (Wildman–Crippen LogP) is 1.83. The molecule has 0 radical (unpaired) electrons. The Hall–Kier alpha value is -2.78. The number of methoxy groups -OCH3 is 1. The fourth-order valence-electron chi connectivity index (χ4n) is 4.15. The van der Waals surface area contributed by atoms with E-state index in [2.05, 4.69) is 40.4 Å². The highest BCUT2D eigenvalue weighted by atomic mass is 16.5. The maximum absolute atomic E-state index is 12.8. The van der Waals surface area contributed by atoms with Crippen molar-refractivity contribution in [2.24, 2.45) is 5.92 Å². The highest BCUT2D eigenvalue weighted by Crippen LogP contribution is 2.37. The van der Waals surface area contributed by atoms with E-state index in [9.17, 15) is 4.79 Å². The first-order valence-corrected chi connectivity index (χ1v) is 10.4. The van der Waals surface area contributed by atoms with Gasteiger partial charge in [-0.25, -0.2) is 4.98 Å². The Morgan fingerprint density at radius 1 is 1.30 bits per heavy atom. The molecule has 0 bridgehead atoms. The number of nitrogens with one attached hydrogen (secondary N) is 1. The van der Waals surface area contributed by atoms with E-state index in [4.69, 9.17) is 4.74 Å². The topological polar surface area (TPSA) is 89.6 Å². The Kier molecular flexibility index (Phi) is 6.10. The van der Waals surface area contributed by atoms with Gasteiger partial charge >= 0.3 is 0 Å². The molecule has 9 nitrogen and oxygen atoms in total. The maximum Gasteiger partial charge on any atom is 0.223 e. The average Bonchev–Trinajstić information content (AvgIpc) is 3.44. The van der Waals surface area contributed by atoms with Gasteiger partial charge in [0, 0.05) is 69.3 Å². The summed E-state index contributed by atoms with van der Waals surface area (Å²) in [4.78, 5) is 23.2. The van der Waals surface area contributed by atoms with Gasteiger partial charge < -0.3 is 15.0 Å². The summed E-state index contributed by atoms with van der Waals surface area (Å²) in [5.74, 6) is 0.335. The number of aromatic nitrogens is 5. The summed E-state index contributed by atoms with van der Waals surface area (Å²) < 4.78 is 9.21. The minimum absolute atomic E-state index is 0.000894. The number of nitrogens with zero attached hydrogens (tertiary/aromatic N) is 6. The molecule has 1 aliphatic heterocycles. The van der Waals surface area contributed by atoms with Crippen LogP contribution in [0, 0.1) is 5.92 Å². The third-order valence-corrected chi connectivity index (χ3v) is 5.67. The summed E-state index contributed by atoms with van der Waals surface area (Å²) in [6, 6.07) is 0.281. The van der Waals surface area contributed by atoms with Gasteiger partial charge in [-0.2, -0.15) is 5.10 Å². The molecule has 0 unspecified atom stereocenters. The number of carbonyl (C=O) groups is 1. The van der Waals surface area contributed by atoms with Crippen molar-refractivity contribution in [2.75, 3.05) is 26.8 Å². The fourth-order valence-corrected chi connectivity index (χ4v) is 4.15. The third kappa shape index (κ3) is 4.08. The molecule has 1 amide bonds. The second-order valence-electron chi connectivity index (χ2n) is 8.02. The molecule has 1 fully saturated rings. The highest BCUT2D eigenvalue weighted by Gasteiger charge is 2.40. The SMILES string of the molecule is COCCN1C(=O)C[C@@H](CNCc2cnc3cnccn23)[C@@H]1c1cnn(C(C)C)c1. The molecule has 0 spiro atoms. The maximum atomic E-state index is 12.8. The number of hydrogen-bond acceptors (Lipinski definition) is 6. The number of amides is 1. The number of imidazole rings is 1. The van der Waals surface area contributed by atoms with Crippen LogP contribution in [0.15, 0.2) is 37.2 Å². The van der Waals surface area contributed by atoms with E-state index < -0.39 is 0 Å². The quantitative estimate of drug-likeness (QED) is 0.578. The van der Waals surface area contributed by atoms with Crippen LogP contribution >= 0.6 is 0 Å². The lowest BCUT2D eigenvalue weighted by Crippen LogP contribution is -2.33. The molecule has 1 N–H and O–H groups in total. The molecule has 0 aromatic carbocycles. The Bertz CT molecular complexity index is 996. The van der Waals surface area contributed by atoms with Crippen molar-refractivity contribution >= 4 is 11.6 Å². The molecule has 1 saturated heterocycles. The van der Waals surface area contributed by atoms with E-state index in [1.54, 1.807) is 19.5 Å². The number of carbonyl (C=O) groups excluding carboxylic acids is 1. The van der Waals surface area contributed by atoms with Crippen LogP contribution in [0.3, 0.4) is 0 Å². The lowest BCUT2D eigenvalue weighted by molar-refractivity contribution is -0.129. The van der Waals surface area contributed by atoms with Crippen molar-refractivity contribution < 1.29 is 9.53 Å². The van der Waals surface area contributed by atoms with Crippen molar-refractivity contribution in [3.63, 3.8) is 0 Å². The lowest BCUT2D eigenvalue weighted by atomic mass is 9.95. The van der Waals surface area contributed by atoms with Crippen molar-refractivity contribution in [3.05, 3.63) is 48.4 Å². The summed E-state index contributed by atoms with van der Waals surface area (Å²) in [7, 11) is 1.66. The van der Waals surface area contributed by atoms with Gasteiger partial charge in [-0.15, -0.1) is 0 Å². The van der Waals surface area contributed by atoms with Crippen LogP contribution in [0.5, 0.6) is 0 Å². The fraction of sp³-hybridized carbons (Fsp3) is 0.524. The molecular formula is C21H29N7O2. The first-order valence-electron chi connectivity index (χ1n) is 10.4. The summed E-state index contributed by atoms with van der Waals surface area (Å²) in [5, 5.41) is 8.03. The monoisotopic (exact) mass is 411 g/mol. The van der Waals surface area contributed by atoms with Gasteiger partial charge in [0.25, 0.3) is 0 Å². The van der Waals surface area contributed by atoms with E-state index in [-0.39, 0.29) is 23.9 Å². The predicted molar refractivity (Wildman–Crippen MR) is 112 cm³/mol. The van der Waals surface area contributed by atoms with Crippen LogP contribution < -0.4 is 5.32 Å². The smallest absolute Gasteiger partial charge is 0.223 e. The Balaban J connectivity index is 1.48. The van der Waals surface area contributed by atoms with Gasteiger partial charge in [0.2, 0.25) is 5.91 Å². The zero-order valence-electron chi connectivity index (χ0n) is 17.7. The number of rotatable bonds is 9. The molecule has 0 saturated carbocycles. The van der Waals surface area contributed by atoms with Gasteiger partial charge in [-0.3, -0.25) is 18.9 Å². The van der Waals surface area contributed by atoms with Crippen LogP contribution in [-0.2, 0) is 16.1 Å². The van der Waals surface area contributed by atoms with Crippen molar-refractivity contribution in [1.29, 1.82) is 0 Å². The average molecular weight is 412 g/mol. The number of likely N-dealkylation sites (tertiary alicyclic amines) is 1. The molecule has 3 aromatic rings. The van der Waals surface area contributed by atoms with Crippen molar-refractivity contribution in [1.82, 2.24) is 34.4 Å². The van der Waals surface area contributed by atoms with Gasteiger partial charge in [-0.05, 0) is 13.8 Å². The van der Waals surface area contributed by atoms with Crippen LogP contribution in [0.1, 0.15) is 43.6 Å². The molecule has 9 heteroatoms. The minimum Gasteiger partial charge on any atom is -0.383 e. The van der Waals surface area contributed by atoms with E-state index >= 15 is 0 Å². The number of ether oxygens (including phenoxy) is 1. The summed E-state index contributed by atoms with van der Waals surface area (Å²) >= 11 is 0. The molecule has 4 heterocycles. The Morgan fingerprint density at radius 2 is 2.17 bits per heavy atom. The van der Waals surface area contributed by atoms with E-state index in [0.717, 1.165) is 23.4 Å². The molecule has 2 atom stereocenters. The van der Waals surface area contributed by atoms with Crippen LogP contribution in [0.2, 0.25) is 0 Å². The third-order valence-electron chi connectivity index (χ3n) is 5.67. The molecule has 0 aliphatic carbocycles. The van der Waals surface area contributed by atoms with Gasteiger partial charge in [0.05, 0.1) is 36.9 Å². The Labute approximate surface area is 176 Å². The first kappa shape index (κ1) is 20.5. The molecule has 1 aliphatic rings. The largest absolute Gasteiger partial charge is 0.383 e. The highest BCUT2D eigenvalue weighted by molar-refractivity contribution is 5.79. The molecule has 4 rings (SSSR count). The minimum atomic E-state index is -0.000894. The molecule has 3 aromatic heterocycles. The second-order valence-corrected chi connectivity index (χ2v) is 8.02. The van der Waals surface area contributed by atoms with Crippen LogP contribution in [-0.4, -0.2) is 61.8 Å². The van der Waals surface area contributed by atoms with Crippen molar-refractivity contribution in [3.8, 4) is 0 Å². The zero-order valence-corrected chi connectivity index (χ0v) is 17.7. The van der Waals surface area contributed by atoms with E-state index in [1.165, 1.54) is 0 Å². The zero-order chi connectivity index (χ0) is 21.1. The standard InChI is InChI=1S/C21H29N7O2/c1-15(2)28-14-17(10-25-28)21-16(8-20(29)27(21)6-7-30-3)9-23-11-18-12-24-19-13-22-4-5-26(18)19/h4-5,10,12-16,21,23H,6-9,11H2,1-3H3/t16-,21+/m0/s1. The molecule has 160 valence electrons. The van der Waals surface area contributed by atoms with Crippen LogP contribution in [0.4, 0.5) is 0 Å². The number of fused-ring (bicyclic) bond motifs is 1. The summed E-state index contributed by atoms with van der Waals surface area (Å²) in [5.41, 5.74) is 2.98. The van der Waals surface area contributed by atoms with Gasteiger partial charge in [0.1, 0.15) is 0 Å². The molecular weight excluding hydrogens is 382 g/mol. The molecule has 30 heavy (non-hydrogen) atoms. The van der Waals surface area contributed by atoms with Crippen LogP contribution in [0.25, 0.3) is 5.65 Å². The van der Waals surface area contributed by atoms with E-state index in [1.807, 2.05) is 32.6 Å². The van der Waals surface area contributed by atoms with Crippen molar-refractivity contribution in [2.45, 2.75) is 38.9 Å². The number of hydrogen-bond donors (Lipinski definition) is 1. The van der Waals surface area contributed by atoms with Gasteiger partial charge in [-0.1, -0.05) is 0 Å². The lowest BCUT2D eigenvalue weighted by Gasteiger charge is -2.27. The summed E-state index contributed by atoms with van der Waals surface area (Å²) in [6.07, 6.45) is 11.8. The normalized spacial score (nSPS) is 19.5. The summed E-state index contributed by atoms with van der Waals surface area (Å²) in [6.45, 7) is 6.71. The first-order chi connectivity index (χ1) is 14.6. The van der Waals surface area contributed by atoms with E-state index in [0.29, 0.717) is 26.1 Å².